The standard InChI is InChI=1S/C5H11NO3/c6-5(9)4(3-8)1-2-7/h4,7-8H,1-3H2,(H2,6,9). The lowest BCUT2D eigenvalue weighted by molar-refractivity contribution is -0.123. The van der Waals surface area contributed by atoms with Gasteiger partial charge in [0.15, 0.2) is 0 Å². The molecule has 0 aromatic heterocycles. The third-order valence-electron chi connectivity index (χ3n) is 1.10. The largest absolute Gasteiger partial charge is 0.396 e. The van der Waals surface area contributed by atoms with Crippen LogP contribution in [0.3, 0.4) is 0 Å². The Morgan fingerprint density at radius 1 is 1.56 bits per heavy atom. The summed E-state index contributed by atoms with van der Waals surface area (Å²) in [6, 6.07) is 0. The van der Waals surface area contributed by atoms with Gasteiger partial charge in [0.1, 0.15) is 0 Å². The molecule has 0 aromatic carbocycles. The Morgan fingerprint density at radius 3 is 2.22 bits per heavy atom. The molecule has 4 nitrogen and oxygen atoms in total. The second-order valence-corrected chi connectivity index (χ2v) is 1.79. The summed E-state index contributed by atoms with van der Waals surface area (Å²) in [4.78, 5) is 10.3. The van der Waals surface area contributed by atoms with Crippen LogP contribution in [0.5, 0.6) is 0 Å². The summed E-state index contributed by atoms with van der Waals surface area (Å²) in [5.41, 5.74) is 4.82. The maximum atomic E-state index is 10.3. The minimum Gasteiger partial charge on any atom is -0.396 e. The van der Waals surface area contributed by atoms with Crippen LogP contribution in [-0.4, -0.2) is 29.3 Å². The van der Waals surface area contributed by atoms with Crippen LogP contribution in [0, 0.1) is 5.92 Å². The van der Waals surface area contributed by atoms with Crippen molar-refractivity contribution in [1.29, 1.82) is 0 Å². The molecule has 0 bridgehead atoms. The van der Waals surface area contributed by atoms with Gasteiger partial charge < -0.3 is 15.9 Å². The summed E-state index contributed by atoms with van der Waals surface area (Å²) in [6.45, 7) is -0.399. The molecule has 0 saturated heterocycles. The summed E-state index contributed by atoms with van der Waals surface area (Å²) in [6.07, 6.45) is 0.242. The molecule has 9 heavy (non-hydrogen) atoms. The predicted molar refractivity (Wildman–Crippen MR) is 31.5 cm³/mol. The summed E-state index contributed by atoms with van der Waals surface area (Å²) in [7, 11) is 0. The molecule has 0 rings (SSSR count). The molecule has 0 aliphatic heterocycles. The van der Waals surface area contributed by atoms with Crippen molar-refractivity contribution < 1.29 is 15.0 Å². The highest BCUT2D eigenvalue weighted by molar-refractivity contribution is 5.76. The zero-order valence-corrected chi connectivity index (χ0v) is 5.08. The highest BCUT2D eigenvalue weighted by atomic mass is 16.3. The molecule has 0 aromatic rings. The molecule has 0 heterocycles. The molecule has 4 heteroatoms. The van der Waals surface area contributed by atoms with Gasteiger partial charge in [0, 0.05) is 6.61 Å². The van der Waals surface area contributed by atoms with E-state index in [-0.39, 0.29) is 19.6 Å². The molecule has 0 aliphatic carbocycles. The Balaban J connectivity index is 3.54. The van der Waals surface area contributed by atoms with E-state index in [0.717, 1.165) is 0 Å². The molecule has 0 spiro atoms. The van der Waals surface area contributed by atoms with E-state index in [1.165, 1.54) is 0 Å². The van der Waals surface area contributed by atoms with Crippen LogP contribution < -0.4 is 5.73 Å². The van der Waals surface area contributed by atoms with Crippen LogP contribution in [0.4, 0.5) is 0 Å². The number of aliphatic hydroxyl groups is 2. The highest BCUT2D eigenvalue weighted by Crippen LogP contribution is 1.98. The molecule has 0 fully saturated rings. The molecule has 0 radical (unpaired) electrons. The van der Waals surface area contributed by atoms with Gasteiger partial charge in [-0.05, 0) is 6.42 Å². The van der Waals surface area contributed by atoms with Crippen LogP contribution in [0.15, 0.2) is 0 Å². The van der Waals surface area contributed by atoms with Gasteiger partial charge in [-0.3, -0.25) is 4.79 Å². The third-order valence-corrected chi connectivity index (χ3v) is 1.10. The molecule has 4 N–H and O–H groups in total. The average Bonchev–Trinajstić information content (AvgIpc) is 1.82. The van der Waals surface area contributed by atoms with Crippen LogP contribution in [0.1, 0.15) is 6.42 Å². The number of nitrogens with two attached hydrogens (primary N) is 1. The monoisotopic (exact) mass is 133 g/mol. The van der Waals surface area contributed by atoms with Crippen molar-refractivity contribution in [3.8, 4) is 0 Å². The first kappa shape index (κ1) is 8.39. The quantitative estimate of drug-likeness (QED) is 0.434. The van der Waals surface area contributed by atoms with Crippen molar-refractivity contribution in [2.24, 2.45) is 11.7 Å². The maximum Gasteiger partial charge on any atom is 0.222 e. The number of primary amides is 1. The van der Waals surface area contributed by atoms with E-state index in [2.05, 4.69) is 0 Å². The molecule has 54 valence electrons. The lowest BCUT2D eigenvalue weighted by atomic mass is 10.1. The van der Waals surface area contributed by atoms with Crippen LogP contribution in [-0.2, 0) is 4.79 Å². The molecule has 1 amide bonds. The lowest BCUT2D eigenvalue weighted by Crippen LogP contribution is -2.26. The first-order valence-corrected chi connectivity index (χ1v) is 2.73. The van der Waals surface area contributed by atoms with Gasteiger partial charge in [-0.15, -0.1) is 0 Å². The van der Waals surface area contributed by atoms with E-state index in [0.29, 0.717) is 0 Å². The van der Waals surface area contributed by atoms with Gasteiger partial charge in [-0.25, -0.2) is 0 Å². The Bertz CT molecular complexity index is 94.2. The normalized spacial score (nSPS) is 13.1. The number of hydrogen-bond donors (Lipinski definition) is 3. The fourth-order valence-electron chi connectivity index (χ4n) is 0.479. The SMILES string of the molecule is NC(=O)C(CO)CCO. The Labute approximate surface area is 53.3 Å². The Morgan fingerprint density at radius 2 is 2.11 bits per heavy atom. The van der Waals surface area contributed by atoms with Crippen LogP contribution in [0.25, 0.3) is 0 Å². The summed E-state index contributed by atoms with van der Waals surface area (Å²) in [5.74, 6) is -1.15. The molecule has 1 unspecified atom stereocenters. The summed E-state index contributed by atoms with van der Waals surface area (Å²) in [5, 5.41) is 16.7. The Hall–Kier alpha value is -0.610. The number of carbonyl (C=O) groups is 1. The average molecular weight is 133 g/mol. The van der Waals surface area contributed by atoms with Gasteiger partial charge in [0.25, 0.3) is 0 Å². The van der Waals surface area contributed by atoms with Crippen molar-refractivity contribution in [3.05, 3.63) is 0 Å². The van der Waals surface area contributed by atoms with E-state index in [1.54, 1.807) is 0 Å². The van der Waals surface area contributed by atoms with Gasteiger partial charge in [-0.1, -0.05) is 0 Å². The molecular weight excluding hydrogens is 122 g/mol. The van der Waals surface area contributed by atoms with E-state index in [1.807, 2.05) is 0 Å². The molecule has 0 saturated carbocycles. The number of carbonyl (C=O) groups excluding carboxylic acids is 1. The minimum absolute atomic E-state index is 0.117. The molecule has 0 aliphatic rings. The number of rotatable bonds is 4. The third kappa shape index (κ3) is 3.05. The van der Waals surface area contributed by atoms with Crippen LogP contribution in [0.2, 0.25) is 0 Å². The van der Waals surface area contributed by atoms with Crippen LogP contribution >= 0.6 is 0 Å². The summed E-state index contributed by atoms with van der Waals surface area (Å²) < 4.78 is 0. The second-order valence-electron chi connectivity index (χ2n) is 1.79. The predicted octanol–water partition coefficient (Wildman–Crippen LogP) is -1.54. The van der Waals surface area contributed by atoms with E-state index in [9.17, 15) is 4.79 Å². The van der Waals surface area contributed by atoms with Crippen molar-refractivity contribution >= 4 is 5.91 Å². The van der Waals surface area contributed by atoms with E-state index >= 15 is 0 Å². The van der Waals surface area contributed by atoms with E-state index in [4.69, 9.17) is 15.9 Å². The smallest absolute Gasteiger partial charge is 0.222 e. The fraction of sp³-hybridized carbons (Fsp3) is 0.800. The van der Waals surface area contributed by atoms with Crippen molar-refractivity contribution in [3.63, 3.8) is 0 Å². The van der Waals surface area contributed by atoms with Gasteiger partial charge in [-0.2, -0.15) is 0 Å². The zero-order chi connectivity index (χ0) is 7.28. The molecular formula is C5H11NO3. The van der Waals surface area contributed by atoms with Crippen molar-refractivity contribution in [1.82, 2.24) is 0 Å². The topological polar surface area (TPSA) is 83.6 Å². The Kier molecular flexibility index (Phi) is 4.00. The summed E-state index contributed by atoms with van der Waals surface area (Å²) >= 11 is 0. The van der Waals surface area contributed by atoms with Crippen molar-refractivity contribution in [2.75, 3.05) is 13.2 Å². The molecule has 1 atom stereocenters. The fourth-order valence-corrected chi connectivity index (χ4v) is 0.479. The number of hydrogen-bond acceptors (Lipinski definition) is 3. The minimum atomic E-state index is -0.588. The van der Waals surface area contributed by atoms with E-state index < -0.39 is 11.8 Å². The number of amides is 1. The van der Waals surface area contributed by atoms with Gasteiger partial charge in [0.2, 0.25) is 5.91 Å². The maximum absolute atomic E-state index is 10.3. The first-order valence-electron chi connectivity index (χ1n) is 2.73. The number of aliphatic hydroxyl groups excluding tert-OH is 2. The first-order chi connectivity index (χ1) is 4.22. The van der Waals surface area contributed by atoms with Gasteiger partial charge in [0.05, 0.1) is 12.5 Å². The van der Waals surface area contributed by atoms with Gasteiger partial charge >= 0.3 is 0 Å². The highest BCUT2D eigenvalue weighted by Gasteiger charge is 2.11. The second kappa shape index (κ2) is 4.29. The lowest BCUT2D eigenvalue weighted by Gasteiger charge is -2.05. The zero-order valence-electron chi connectivity index (χ0n) is 5.08. The van der Waals surface area contributed by atoms with Crippen molar-refractivity contribution in [2.45, 2.75) is 6.42 Å².